The summed E-state index contributed by atoms with van der Waals surface area (Å²) < 4.78 is 39.1. The van der Waals surface area contributed by atoms with Crippen LogP contribution in [0.4, 0.5) is 13.2 Å². The van der Waals surface area contributed by atoms with Crippen LogP contribution >= 0.6 is 22.6 Å². The Balaban J connectivity index is 1.92. The van der Waals surface area contributed by atoms with Crippen molar-refractivity contribution < 1.29 is 18.3 Å². The minimum Gasteiger partial charge on any atom is -0.380 e. The molecule has 0 amide bonds. The largest absolute Gasteiger partial charge is 0.417 e. The van der Waals surface area contributed by atoms with Crippen molar-refractivity contribution in [1.82, 2.24) is 4.90 Å². The van der Waals surface area contributed by atoms with E-state index in [0.29, 0.717) is 6.54 Å². The number of rotatable bonds is 2. The quantitative estimate of drug-likeness (QED) is 0.791. The highest BCUT2D eigenvalue weighted by molar-refractivity contribution is 14.1. The van der Waals surface area contributed by atoms with Crippen LogP contribution in [0.3, 0.4) is 0 Å². The lowest BCUT2D eigenvalue weighted by atomic mass is 9.90. The Morgan fingerprint density at radius 3 is 2.16 bits per heavy atom. The molecular formula is C13H15F3INO. The highest BCUT2D eigenvalue weighted by atomic mass is 127. The van der Waals surface area contributed by atoms with Gasteiger partial charge in [-0.3, -0.25) is 4.90 Å². The van der Waals surface area contributed by atoms with E-state index in [-0.39, 0.29) is 25.9 Å². The molecule has 0 aromatic heterocycles. The van der Waals surface area contributed by atoms with Crippen molar-refractivity contribution in [1.29, 1.82) is 0 Å². The third kappa shape index (κ3) is 3.61. The number of hydrogen-bond acceptors (Lipinski definition) is 2. The van der Waals surface area contributed by atoms with Gasteiger partial charge in [-0.2, -0.15) is 13.2 Å². The average molecular weight is 385 g/mol. The van der Waals surface area contributed by atoms with Gasteiger partial charge in [0.2, 0.25) is 0 Å². The molecule has 1 heterocycles. The van der Waals surface area contributed by atoms with Gasteiger partial charge in [0, 0.05) is 23.2 Å². The number of halogens is 4. The Labute approximate surface area is 123 Å². The zero-order valence-electron chi connectivity index (χ0n) is 10.3. The molecule has 0 radical (unpaired) electrons. The van der Waals surface area contributed by atoms with Crippen LogP contribution in [0.5, 0.6) is 0 Å². The van der Waals surface area contributed by atoms with Gasteiger partial charge < -0.3 is 5.11 Å². The second kappa shape index (κ2) is 5.57. The first-order valence-corrected chi connectivity index (χ1v) is 7.14. The summed E-state index contributed by atoms with van der Waals surface area (Å²) in [4.78, 5) is 1.95. The Hall–Kier alpha value is -0.340. The van der Waals surface area contributed by atoms with Gasteiger partial charge in [0.15, 0.2) is 5.60 Å². The second-order valence-corrected chi connectivity index (χ2v) is 6.18. The Kier molecular flexibility index (Phi) is 4.42. The monoisotopic (exact) mass is 385 g/mol. The maximum atomic E-state index is 12.7. The van der Waals surface area contributed by atoms with Gasteiger partial charge in [-0.15, -0.1) is 0 Å². The minimum atomic E-state index is -4.53. The van der Waals surface area contributed by atoms with Crippen LogP contribution in [0.15, 0.2) is 24.3 Å². The average Bonchev–Trinajstić information content (AvgIpc) is 2.34. The number of benzene rings is 1. The Bertz CT molecular complexity index is 425. The van der Waals surface area contributed by atoms with E-state index >= 15 is 0 Å². The first-order valence-electron chi connectivity index (χ1n) is 6.06. The summed E-state index contributed by atoms with van der Waals surface area (Å²) in [5, 5.41) is 9.58. The summed E-state index contributed by atoms with van der Waals surface area (Å²) in [6.45, 7) is 1.16. The molecule has 1 N–H and O–H groups in total. The molecular weight excluding hydrogens is 370 g/mol. The van der Waals surface area contributed by atoms with E-state index in [0.717, 1.165) is 9.13 Å². The van der Waals surface area contributed by atoms with Crippen LogP contribution < -0.4 is 0 Å². The first kappa shape index (κ1) is 15.1. The van der Waals surface area contributed by atoms with Gasteiger partial charge in [0.1, 0.15) is 0 Å². The van der Waals surface area contributed by atoms with Crippen LogP contribution in [-0.4, -0.2) is 34.9 Å². The van der Waals surface area contributed by atoms with Gasteiger partial charge in [-0.1, -0.05) is 12.1 Å². The van der Waals surface area contributed by atoms with Crippen molar-refractivity contribution in [3.8, 4) is 0 Å². The highest BCUT2D eigenvalue weighted by Gasteiger charge is 2.54. The van der Waals surface area contributed by atoms with Crippen molar-refractivity contribution in [3.05, 3.63) is 33.4 Å². The van der Waals surface area contributed by atoms with Crippen LogP contribution in [0.25, 0.3) is 0 Å². The van der Waals surface area contributed by atoms with Gasteiger partial charge in [0.25, 0.3) is 0 Å². The van der Waals surface area contributed by atoms with Crippen molar-refractivity contribution in [2.75, 3.05) is 13.1 Å². The molecule has 2 nitrogen and oxygen atoms in total. The zero-order valence-corrected chi connectivity index (χ0v) is 12.4. The number of hydrogen-bond donors (Lipinski definition) is 1. The number of alkyl halides is 3. The fraction of sp³-hybridized carbons (Fsp3) is 0.538. The predicted octanol–water partition coefficient (Wildman–Crippen LogP) is 3.18. The van der Waals surface area contributed by atoms with E-state index in [2.05, 4.69) is 22.6 Å². The third-order valence-corrected chi connectivity index (χ3v) is 4.25. The minimum absolute atomic E-state index is 0.249. The molecule has 0 saturated carbocycles. The fourth-order valence-electron chi connectivity index (χ4n) is 2.21. The van der Waals surface area contributed by atoms with E-state index < -0.39 is 11.8 Å². The smallest absolute Gasteiger partial charge is 0.380 e. The molecule has 19 heavy (non-hydrogen) atoms. The number of piperidine rings is 1. The molecule has 1 aliphatic heterocycles. The zero-order chi connectivity index (χ0) is 14.1. The highest BCUT2D eigenvalue weighted by Crippen LogP contribution is 2.38. The first-order chi connectivity index (χ1) is 8.80. The van der Waals surface area contributed by atoms with E-state index in [9.17, 15) is 18.3 Å². The van der Waals surface area contributed by atoms with Gasteiger partial charge in [-0.25, -0.2) is 0 Å². The molecule has 6 heteroatoms. The lowest BCUT2D eigenvalue weighted by Crippen LogP contribution is -2.53. The maximum Gasteiger partial charge on any atom is 0.417 e. The lowest BCUT2D eigenvalue weighted by Gasteiger charge is -2.39. The molecule has 1 aromatic rings. The standard InChI is InChI=1S/C13H15F3INO/c14-13(15,16)12(19)5-7-18(8-6-12)9-10-1-3-11(17)4-2-10/h1-4,19H,5-9H2. The molecule has 1 saturated heterocycles. The topological polar surface area (TPSA) is 23.5 Å². The Morgan fingerprint density at radius 2 is 1.68 bits per heavy atom. The van der Waals surface area contributed by atoms with Crippen LogP contribution in [0.1, 0.15) is 18.4 Å². The fourth-order valence-corrected chi connectivity index (χ4v) is 2.57. The number of likely N-dealkylation sites (tertiary alicyclic amines) is 1. The normalized spacial score (nSPS) is 20.5. The SMILES string of the molecule is OC1(C(F)(F)F)CCN(Cc2ccc(I)cc2)CC1. The van der Waals surface area contributed by atoms with E-state index in [1.807, 2.05) is 29.2 Å². The number of aliphatic hydroxyl groups is 1. The van der Waals surface area contributed by atoms with Gasteiger partial charge in [0.05, 0.1) is 0 Å². The molecule has 1 fully saturated rings. The van der Waals surface area contributed by atoms with E-state index in [4.69, 9.17) is 0 Å². The van der Waals surface area contributed by atoms with Crippen molar-refractivity contribution in [3.63, 3.8) is 0 Å². The summed E-state index contributed by atoms with van der Waals surface area (Å²) in [7, 11) is 0. The van der Waals surface area contributed by atoms with Gasteiger partial charge in [-0.05, 0) is 53.1 Å². The van der Waals surface area contributed by atoms with Crippen molar-refractivity contribution >= 4 is 22.6 Å². The van der Waals surface area contributed by atoms with Crippen molar-refractivity contribution in [2.45, 2.75) is 31.2 Å². The molecule has 0 bridgehead atoms. The summed E-state index contributed by atoms with van der Waals surface area (Å²) in [5.74, 6) is 0. The maximum absolute atomic E-state index is 12.7. The van der Waals surface area contributed by atoms with E-state index in [1.54, 1.807) is 0 Å². The van der Waals surface area contributed by atoms with Gasteiger partial charge >= 0.3 is 6.18 Å². The molecule has 0 aliphatic carbocycles. The van der Waals surface area contributed by atoms with Crippen LogP contribution in [0, 0.1) is 3.57 Å². The summed E-state index contributed by atoms with van der Waals surface area (Å²) in [6, 6.07) is 7.91. The summed E-state index contributed by atoms with van der Waals surface area (Å²) in [6.07, 6.45) is -5.02. The second-order valence-electron chi connectivity index (χ2n) is 4.93. The van der Waals surface area contributed by atoms with Crippen molar-refractivity contribution in [2.24, 2.45) is 0 Å². The molecule has 1 aromatic carbocycles. The third-order valence-electron chi connectivity index (χ3n) is 3.53. The molecule has 2 rings (SSSR count). The predicted molar refractivity (Wildman–Crippen MR) is 74.7 cm³/mol. The van der Waals surface area contributed by atoms with Crippen LogP contribution in [0.2, 0.25) is 0 Å². The molecule has 106 valence electrons. The molecule has 0 unspecified atom stereocenters. The number of nitrogens with zero attached hydrogens (tertiary/aromatic N) is 1. The van der Waals surface area contributed by atoms with E-state index in [1.165, 1.54) is 0 Å². The van der Waals surface area contributed by atoms with Crippen LogP contribution in [-0.2, 0) is 6.54 Å². The summed E-state index contributed by atoms with van der Waals surface area (Å²) >= 11 is 2.21. The molecule has 0 atom stereocenters. The summed E-state index contributed by atoms with van der Waals surface area (Å²) in [5.41, 5.74) is -1.42. The molecule has 0 spiro atoms. The Morgan fingerprint density at radius 1 is 1.16 bits per heavy atom. The molecule has 1 aliphatic rings. The lowest BCUT2D eigenvalue weighted by molar-refractivity contribution is -0.272.